The summed E-state index contributed by atoms with van der Waals surface area (Å²) in [7, 11) is 0. The average molecular weight is 341 g/mol. The van der Waals surface area contributed by atoms with E-state index in [-0.39, 0.29) is 6.61 Å². The van der Waals surface area contributed by atoms with Crippen molar-refractivity contribution in [1.29, 1.82) is 5.26 Å². The Balaban J connectivity index is 1.49. The number of likely N-dealkylation sites (tertiary alicyclic amines) is 1. The van der Waals surface area contributed by atoms with E-state index in [0.29, 0.717) is 23.9 Å². The van der Waals surface area contributed by atoms with Gasteiger partial charge in [-0.3, -0.25) is 9.58 Å². The molecule has 1 aliphatic heterocycles. The first kappa shape index (κ1) is 17.4. The molecular formula is C18H23N5O2. The zero-order valence-corrected chi connectivity index (χ0v) is 14.2. The summed E-state index contributed by atoms with van der Waals surface area (Å²) >= 11 is 0. The number of hydrogen-bond acceptors (Lipinski definition) is 6. The molecule has 132 valence electrons. The predicted molar refractivity (Wildman–Crippen MR) is 91.9 cm³/mol. The Morgan fingerprint density at radius 2 is 2.16 bits per heavy atom. The third kappa shape index (κ3) is 5.02. The lowest BCUT2D eigenvalue weighted by Gasteiger charge is -2.36. The second kappa shape index (κ2) is 8.60. The lowest BCUT2D eigenvalue weighted by molar-refractivity contribution is 0.0345. The van der Waals surface area contributed by atoms with Crippen LogP contribution in [0.5, 0.6) is 5.75 Å². The standard InChI is InChI=1S/C18H23N5O2/c19-9-15-4-6-18(7-5-15)25-12-17(24)11-22-8-2-1-3-16(22)10-23-14-20-13-21-23/h4-7,13-14,16-17,24H,1-3,8,10-12H2/t16-,17+/m1/s1. The Labute approximate surface area is 147 Å². The van der Waals surface area contributed by atoms with Gasteiger partial charge in [0.15, 0.2) is 0 Å². The van der Waals surface area contributed by atoms with E-state index in [0.717, 1.165) is 25.9 Å². The monoisotopic (exact) mass is 341 g/mol. The normalized spacial score (nSPS) is 19.3. The molecule has 0 bridgehead atoms. The quantitative estimate of drug-likeness (QED) is 0.820. The number of nitriles is 1. The van der Waals surface area contributed by atoms with Crippen LogP contribution in [0.15, 0.2) is 36.9 Å². The first-order chi connectivity index (χ1) is 12.2. The molecule has 1 aromatic heterocycles. The summed E-state index contributed by atoms with van der Waals surface area (Å²) in [6, 6.07) is 9.35. The van der Waals surface area contributed by atoms with Crippen molar-refractivity contribution < 1.29 is 9.84 Å². The predicted octanol–water partition coefficient (Wildman–Crippen LogP) is 1.44. The summed E-state index contributed by atoms with van der Waals surface area (Å²) in [6.07, 6.45) is 6.17. The van der Waals surface area contributed by atoms with E-state index in [2.05, 4.69) is 21.1 Å². The molecule has 0 radical (unpaired) electrons. The zero-order chi connectivity index (χ0) is 17.5. The number of β-amino-alcohol motifs (C(OH)–C–C–N with tert-alkyl or cyclic N) is 1. The summed E-state index contributed by atoms with van der Waals surface area (Å²) in [5, 5.41) is 23.3. The van der Waals surface area contributed by atoms with Crippen LogP contribution in [0.2, 0.25) is 0 Å². The molecule has 1 saturated heterocycles. The zero-order valence-electron chi connectivity index (χ0n) is 14.2. The molecule has 1 fully saturated rings. The van der Waals surface area contributed by atoms with Crippen molar-refractivity contribution in [3.63, 3.8) is 0 Å². The summed E-state index contributed by atoms with van der Waals surface area (Å²) in [4.78, 5) is 6.31. The van der Waals surface area contributed by atoms with Gasteiger partial charge >= 0.3 is 0 Å². The number of hydrogen-bond donors (Lipinski definition) is 1. The van der Waals surface area contributed by atoms with Crippen molar-refractivity contribution in [2.24, 2.45) is 0 Å². The summed E-state index contributed by atoms with van der Waals surface area (Å²) in [5.74, 6) is 0.663. The van der Waals surface area contributed by atoms with Crippen LogP contribution in [0.3, 0.4) is 0 Å². The smallest absolute Gasteiger partial charge is 0.137 e. The van der Waals surface area contributed by atoms with Gasteiger partial charge in [-0.25, -0.2) is 4.98 Å². The summed E-state index contributed by atoms with van der Waals surface area (Å²) in [5.41, 5.74) is 0.595. The minimum atomic E-state index is -0.563. The molecule has 7 heteroatoms. The highest BCUT2D eigenvalue weighted by Gasteiger charge is 2.25. The van der Waals surface area contributed by atoms with Gasteiger partial charge in [-0.05, 0) is 43.7 Å². The number of nitrogens with zero attached hydrogens (tertiary/aromatic N) is 5. The first-order valence-electron chi connectivity index (χ1n) is 8.62. The second-order valence-electron chi connectivity index (χ2n) is 6.36. The van der Waals surface area contributed by atoms with Crippen molar-refractivity contribution >= 4 is 0 Å². The number of piperidine rings is 1. The number of rotatable bonds is 7. The molecule has 0 spiro atoms. The van der Waals surface area contributed by atoms with Crippen LogP contribution in [0.25, 0.3) is 0 Å². The van der Waals surface area contributed by atoms with Crippen molar-refractivity contribution in [1.82, 2.24) is 19.7 Å². The maximum absolute atomic E-state index is 10.4. The highest BCUT2D eigenvalue weighted by molar-refractivity contribution is 5.34. The van der Waals surface area contributed by atoms with Gasteiger partial charge in [-0.15, -0.1) is 0 Å². The highest BCUT2D eigenvalue weighted by Crippen LogP contribution is 2.19. The van der Waals surface area contributed by atoms with Crippen molar-refractivity contribution in [2.45, 2.75) is 38.0 Å². The van der Waals surface area contributed by atoms with Crippen molar-refractivity contribution in [3.05, 3.63) is 42.5 Å². The maximum atomic E-state index is 10.4. The van der Waals surface area contributed by atoms with Gasteiger partial charge in [0.1, 0.15) is 31.1 Å². The Morgan fingerprint density at radius 3 is 2.88 bits per heavy atom. The van der Waals surface area contributed by atoms with Gasteiger partial charge < -0.3 is 9.84 Å². The van der Waals surface area contributed by atoms with E-state index in [1.54, 1.807) is 36.9 Å². The average Bonchev–Trinajstić information content (AvgIpc) is 3.15. The van der Waals surface area contributed by atoms with Gasteiger partial charge in [0.25, 0.3) is 0 Å². The van der Waals surface area contributed by atoms with E-state index >= 15 is 0 Å². The van der Waals surface area contributed by atoms with Crippen LogP contribution in [-0.2, 0) is 6.54 Å². The Bertz CT molecular complexity index is 680. The minimum Gasteiger partial charge on any atom is -0.491 e. The van der Waals surface area contributed by atoms with Crippen LogP contribution in [0.4, 0.5) is 0 Å². The molecule has 2 aromatic rings. The molecule has 1 aromatic carbocycles. The molecule has 0 unspecified atom stereocenters. The molecule has 0 saturated carbocycles. The topological polar surface area (TPSA) is 87.2 Å². The van der Waals surface area contributed by atoms with Crippen molar-refractivity contribution in [2.75, 3.05) is 19.7 Å². The molecule has 7 nitrogen and oxygen atoms in total. The molecule has 3 rings (SSSR count). The molecular weight excluding hydrogens is 318 g/mol. The van der Waals surface area contributed by atoms with Gasteiger partial charge in [-0.2, -0.15) is 10.4 Å². The van der Waals surface area contributed by atoms with Crippen LogP contribution in [0.1, 0.15) is 24.8 Å². The first-order valence-corrected chi connectivity index (χ1v) is 8.62. The van der Waals surface area contributed by atoms with Crippen LogP contribution in [0, 0.1) is 11.3 Å². The van der Waals surface area contributed by atoms with Gasteiger partial charge in [-0.1, -0.05) is 6.42 Å². The van der Waals surface area contributed by atoms with E-state index in [1.807, 2.05) is 4.68 Å². The maximum Gasteiger partial charge on any atom is 0.137 e. The molecule has 25 heavy (non-hydrogen) atoms. The molecule has 1 aliphatic rings. The Morgan fingerprint density at radius 1 is 1.32 bits per heavy atom. The number of ether oxygens (including phenoxy) is 1. The van der Waals surface area contributed by atoms with E-state index in [9.17, 15) is 5.11 Å². The lowest BCUT2D eigenvalue weighted by atomic mass is 10.0. The van der Waals surface area contributed by atoms with Crippen molar-refractivity contribution in [3.8, 4) is 11.8 Å². The van der Waals surface area contributed by atoms with E-state index in [4.69, 9.17) is 10.00 Å². The number of benzene rings is 1. The third-order valence-electron chi connectivity index (χ3n) is 4.48. The molecule has 2 heterocycles. The number of aromatic nitrogens is 3. The van der Waals surface area contributed by atoms with Gasteiger partial charge in [0, 0.05) is 12.6 Å². The fourth-order valence-corrected chi connectivity index (χ4v) is 3.19. The number of aliphatic hydroxyl groups excluding tert-OH is 1. The van der Waals surface area contributed by atoms with E-state index < -0.39 is 6.10 Å². The lowest BCUT2D eigenvalue weighted by Crippen LogP contribution is -2.46. The molecule has 2 atom stereocenters. The van der Waals surface area contributed by atoms with Crippen LogP contribution >= 0.6 is 0 Å². The van der Waals surface area contributed by atoms with Crippen LogP contribution < -0.4 is 4.74 Å². The van der Waals surface area contributed by atoms with E-state index in [1.165, 1.54) is 6.42 Å². The fourth-order valence-electron chi connectivity index (χ4n) is 3.19. The molecule has 0 aliphatic carbocycles. The molecule has 1 N–H and O–H groups in total. The summed E-state index contributed by atoms with van der Waals surface area (Å²) < 4.78 is 7.49. The highest BCUT2D eigenvalue weighted by atomic mass is 16.5. The largest absolute Gasteiger partial charge is 0.491 e. The van der Waals surface area contributed by atoms with Gasteiger partial charge in [0.05, 0.1) is 18.2 Å². The second-order valence-corrected chi connectivity index (χ2v) is 6.36. The SMILES string of the molecule is N#Cc1ccc(OC[C@@H](O)CN2CCCC[C@@H]2Cn2cncn2)cc1. The van der Waals surface area contributed by atoms with Gasteiger partial charge in [0.2, 0.25) is 0 Å². The Kier molecular flexibility index (Phi) is 5.99. The third-order valence-corrected chi connectivity index (χ3v) is 4.48. The Hall–Kier alpha value is -2.43. The van der Waals surface area contributed by atoms with Crippen LogP contribution in [-0.4, -0.2) is 56.6 Å². The number of aliphatic hydroxyl groups is 1. The molecule has 0 amide bonds. The minimum absolute atomic E-state index is 0.235. The fraction of sp³-hybridized carbons (Fsp3) is 0.500. The summed E-state index contributed by atoms with van der Waals surface area (Å²) in [6.45, 7) is 2.59.